The first-order chi connectivity index (χ1) is 13.2. The van der Waals surface area contributed by atoms with E-state index in [4.69, 9.17) is 27.9 Å². The Morgan fingerprint density at radius 3 is 2.57 bits per heavy atom. The molecule has 0 amide bonds. The molecule has 28 heavy (non-hydrogen) atoms. The monoisotopic (exact) mass is 430 g/mol. The lowest BCUT2D eigenvalue weighted by Crippen LogP contribution is -2.10. The van der Waals surface area contributed by atoms with E-state index in [2.05, 4.69) is 15.1 Å². The molecule has 0 radical (unpaired) electrons. The second-order valence-electron chi connectivity index (χ2n) is 5.60. The third kappa shape index (κ3) is 4.26. The number of rotatable bonds is 4. The van der Waals surface area contributed by atoms with Gasteiger partial charge in [0.25, 0.3) is 0 Å². The maximum Gasteiger partial charge on any atom is 0.417 e. The van der Waals surface area contributed by atoms with Crippen molar-refractivity contribution in [2.45, 2.75) is 19.7 Å². The SMILES string of the molecule is Cc1c(C(=O)OCc2nc(Cl)ccc2Cl)cnn1-c1ccc(C(F)(F)F)cn1. The summed E-state index contributed by atoms with van der Waals surface area (Å²) in [5.74, 6) is -0.572. The number of carbonyl (C=O) groups is 1. The molecule has 0 atom stereocenters. The lowest BCUT2D eigenvalue weighted by atomic mass is 10.2. The molecule has 3 rings (SSSR count). The molecule has 11 heteroatoms. The smallest absolute Gasteiger partial charge is 0.417 e. The molecule has 0 aromatic carbocycles. The lowest BCUT2D eigenvalue weighted by Gasteiger charge is -2.08. The fraction of sp³-hybridized carbons (Fsp3) is 0.176. The van der Waals surface area contributed by atoms with Gasteiger partial charge >= 0.3 is 12.1 Å². The Morgan fingerprint density at radius 2 is 1.93 bits per heavy atom. The van der Waals surface area contributed by atoms with Crippen LogP contribution in [0.15, 0.2) is 36.7 Å². The number of carbonyl (C=O) groups excluding carboxylic acids is 1. The maximum absolute atomic E-state index is 12.6. The van der Waals surface area contributed by atoms with Crippen LogP contribution in [0.25, 0.3) is 5.82 Å². The molecular formula is C17H11Cl2F3N4O2. The van der Waals surface area contributed by atoms with Crippen molar-refractivity contribution in [1.29, 1.82) is 0 Å². The number of pyridine rings is 2. The molecule has 0 bridgehead atoms. The molecule has 0 unspecified atom stereocenters. The van der Waals surface area contributed by atoms with E-state index in [9.17, 15) is 18.0 Å². The Hall–Kier alpha value is -2.65. The number of esters is 1. The van der Waals surface area contributed by atoms with Gasteiger partial charge in [0.15, 0.2) is 5.82 Å². The molecule has 3 aromatic heterocycles. The van der Waals surface area contributed by atoms with Crippen LogP contribution in [0.1, 0.15) is 27.3 Å². The number of aromatic nitrogens is 4. The van der Waals surface area contributed by atoms with Crippen molar-refractivity contribution in [2.24, 2.45) is 0 Å². The zero-order valence-corrected chi connectivity index (χ0v) is 15.7. The van der Waals surface area contributed by atoms with Crippen LogP contribution >= 0.6 is 23.2 Å². The first-order valence-electron chi connectivity index (χ1n) is 7.73. The first kappa shape index (κ1) is 20.1. The van der Waals surface area contributed by atoms with Crippen molar-refractivity contribution in [2.75, 3.05) is 0 Å². The summed E-state index contributed by atoms with van der Waals surface area (Å²) in [4.78, 5) is 20.0. The lowest BCUT2D eigenvalue weighted by molar-refractivity contribution is -0.137. The molecular weight excluding hydrogens is 420 g/mol. The predicted molar refractivity (Wildman–Crippen MR) is 94.5 cm³/mol. The normalized spacial score (nSPS) is 11.5. The summed E-state index contributed by atoms with van der Waals surface area (Å²) in [5, 5.41) is 4.49. The highest BCUT2D eigenvalue weighted by molar-refractivity contribution is 6.32. The average molecular weight is 431 g/mol. The van der Waals surface area contributed by atoms with Crippen LogP contribution in [-0.4, -0.2) is 25.7 Å². The van der Waals surface area contributed by atoms with Crippen molar-refractivity contribution < 1.29 is 22.7 Å². The number of nitrogens with zero attached hydrogens (tertiary/aromatic N) is 4. The third-order valence-corrected chi connectivity index (χ3v) is 4.30. The molecule has 0 aliphatic carbocycles. The summed E-state index contributed by atoms with van der Waals surface area (Å²) in [6, 6.07) is 5.07. The van der Waals surface area contributed by atoms with Gasteiger partial charge < -0.3 is 4.74 Å². The fourth-order valence-corrected chi connectivity index (χ4v) is 2.62. The van der Waals surface area contributed by atoms with Crippen molar-refractivity contribution in [3.8, 4) is 5.82 Å². The van der Waals surface area contributed by atoms with Gasteiger partial charge in [-0.3, -0.25) is 0 Å². The number of halogens is 5. The van der Waals surface area contributed by atoms with E-state index in [0.29, 0.717) is 16.9 Å². The maximum atomic E-state index is 12.6. The zero-order valence-electron chi connectivity index (χ0n) is 14.2. The fourth-order valence-electron chi connectivity index (χ4n) is 2.29. The zero-order chi connectivity index (χ0) is 20.5. The Labute approximate surface area is 166 Å². The van der Waals surface area contributed by atoms with Gasteiger partial charge in [0.2, 0.25) is 0 Å². The summed E-state index contributed by atoms with van der Waals surface area (Å²) in [5.41, 5.74) is -0.120. The van der Waals surface area contributed by atoms with E-state index in [1.54, 1.807) is 6.92 Å². The minimum Gasteiger partial charge on any atom is -0.455 e. The average Bonchev–Trinajstić information content (AvgIpc) is 3.03. The van der Waals surface area contributed by atoms with Crippen LogP contribution < -0.4 is 0 Å². The Morgan fingerprint density at radius 1 is 1.18 bits per heavy atom. The van der Waals surface area contributed by atoms with Gasteiger partial charge in [-0.25, -0.2) is 19.4 Å². The van der Waals surface area contributed by atoms with Crippen molar-refractivity contribution >= 4 is 29.2 Å². The Balaban J connectivity index is 1.77. The molecule has 3 aromatic rings. The molecule has 3 heterocycles. The summed E-state index contributed by atoms with van der Waals surface area (Å²) < 4.78 is 44.3. The van der Waals surface area contributed by atoms with Gasteiger partial charge in [-0.05, 0) is 31.2 Å². The van der Waals surface area contributed by atoms with Crippen LogP contribution in [0.4, 0.5) is 13.2 Å². The topological polar surface area (TPSA) is 69.9 Å². The van der Waals surface area contributed by atoms with Gasteiger partial charge in [0.05, 0.1) is 28.2 Å². The van der Waals surface area contributed by atoms with Crippen LogP contribution in [0, 0.1) is 6.92 Å². The van der Waals surface area contributed by atoms with Crippen LogP contribution in [-0.2, 0) is 17.5 Å². The molecule has 146 valence electrons. The van der Waals surface area contributed by atoms with Crippen LogP contribution in [0.3, 0.4) is 0 Å². The van der Waals surface area contributed by atoms with E-state index in [1.165, 1.54) is 23.0 Å². The Kier molecular flexibility index (Phi) is 5.57. The van der Waals surface area contributed by atoms with Crippen LogP contribution in [0.5, 0.6) is 0 Å². The molecule has 0 saturated heterocycles. The minimum absolute atomic E-state index is 0.125. The van der Waals surface area contributed by atoms with Crippen molar-refractivity contribution in [3.05, 3.63) is 69.3 Å². The van der Waals surface area contributed by atoms with Crippen LogP contribution in [0.2, 0.25) is 10.2 Å². The second-order valence-corrected chi connectivity index (χ2v) is 6.39. The quantitative estimate of drug-likeness (QED) is 0.444. The highest BCUT2D eigenvalue weighted by Gasteiger charge is 2.31. The highest BCUT2D eigenvalue weighted by Crippen LogP contribution is 2.29. The van der Waals surface area contributed by atoms with E-state index in [1.807, 2.05) is 0 Å². The van der Waals surface area contributed by atoms with E-state index >= 15 is 0 Å². The van der Waals surface area contributed by atoms with Gasteiger partial charge in [-0.1, -0.05) is 23.2 Å². The summed E-state index contributed by atoms with van der Waals surface area (Å²) in [7, 11) is 0. The Bertz CT molecular complexity index is 1020. The number of alkyl halides is 3. The van der Waals surface area contributed by atoms with Gasteiger partial charge in [0.1, 0.15) is 17.3 Å². The van der Waals surface area contributed by atoms with E-state index in [0.717, 1.165) is 12.1 Å². The van der Waals surface area contributed by atoms with Gasteiger partial charge in [-0.15, -0.1) is 0 Å². The minimum atomic E-state index is -4.49. The first-order valence-corrected chi connectivity index (χ1v) is 8.48. The highest BCUT2D eigenvalue weighted by atomic mass is 35.5. The third-order valence-electron chi connectivity index (χ3n) is 3.75. The molecule has 0 aliphatic heterocycles. The number of hydrogen-bond donors (Lipinski definition) is 0. The van der Waals surface area contributed by atoms with E-state index < -0.39 is 17.7 Å². The number of hydrogen-bond acceptors (Lipinski definition) is 5. The molecule has 0 aliphatic rings. The predicted octanol–water partition coefficient (Wildman–Crippen LogP) is 4.65. The molecule has 6 nitrogen and oxygen atoms in total. The molecule has 0 spiro atoms. The number of ether oxygens (including phenoxy) is 1. The molecule has 0 N–H and O–H groups in total. The van der Waals surface area contributed by atoms with Gasteiger partial charge in [-0.2, -0.15) is 18.3 Å². The van der Waals surface area contributed by atoms with E-state index in [-0.39, 0.29) is 28.8 Å². The second kappa shape index (κ2) is 7.76. The summed E-state index contributed by atoms with van der Waals surface area (Å²) in [6.45, 7) is 1.36. The van der Waals surface area contributed by atoms with Gasteiger partial charge in [0, 0.05) is 6.20 Å². The summed E-state index contributed by atoms with van der Waals surface area (Å²) in [6.07, 6.45) is -2.55. The molecule has 0 saturated carbocycles. The molecule has 0 fully saturated rings. The van der Waals surface area contributed by atoms with Crippen molar-refractivity contribution in [1.82, 2.24) is 19.7 Å². The summed E-state index contributed by atoms with van der Waals surface area (Å²) >= 11 is 11.8. The largest absolute Gasteiger partial charge is 0.455 e. The standard InChI is InChI=1S/C17H11Cl2F3N4O2/c1-9-11(16(27)28-8-13-12(18)3-4-14(19)25-13)7-24-26(9)15-5-2-10(6-23-15)17(20,21)22/h2-7H,8H2,1H3. The van der Waals surface area contributed by atoms with Crippen molar-refractivity contribution in [3.63, 3.8) is 0 Å².